The summed E-state index contributed by atoms with van der Waals surface area (Å²) in [5.74, 6) is -2.21. The first-order chi connectivity index (χ1) is 14.1. The Kier molecular flexibility index (Phi) is 7.11. The molecular formula is C19H23Cl2NO8. The van der Waals surface area contributed by atoms with Crippen LogP contribution >= 0.6 is 23.2 Å². The van der Waals surface area contributed by atoms with Gasteiger partial charge in [0, 0.05) is 11.9 Å². The molecule has 0 spiro atoms. The number of halogens is 2. The number of carbonyl (C=O) groups excluding carboxylic acids is 1. The van der Waals surface area contributed by atoms with Crippen LogP contribution < -0.4 is 10.1 Å². The predicted octanol–water partition coefficient (Wildman–Crippen LogP) is 2.22. The van der Waals surface area contributed by atoms with Gasteiger partial charge in [0.2, 0.25) is 12.2 Å². The number of amides is 1. The van der Waals surface area contributed by atoms with Gasteiger partial charge in [-0.3, -0.25) is 4.79 Å². The maximum atomic E-state index is 11.9. The van der Waals surface area contributed by atoms with Crippen molar-refractivity contribution >= 4 is 35.1 Å². The molecule has 2 fully saturated rings. The van der Waals surface area contributed by atoms with E-state index in [2.05, 4.69) is 5.32 Å². The quantitative estimate of drug-likeness (QED) is 0.659. The summed E-state index contributed by atoms with van der Waals surface area (Å²) in [4.78, 5) is 23.0. The summed E-state index contributed by atoms with van der Waals surface area (Å²) in [7, 11) is 0. The van der Waals surface area contributed by atoms with Gasteiger partial charge >= 0.3 is 5.97 Å². The molecule has 2 aliphatic heterocycles. The highest BCUT2D eigenvalue weighted by Gasteiger charge is 2.53. The van der Waals surface area contributed by atoms with Crippen molar-refractivity contribution in [3.05, 3.63) is 28.2 Å². The highest BCUT2D eigenvalue weighted by molar-refractivity contribution is 6.35. The second-order valence-electron chi connectivity index (χ2n) is 7.42. The Morgan fingerprint density at radius 3 is 2.70 bits per heavy atom. The number of benzene rings is 1. The highest BCUT2D eigenvalue weighted by atomic mass is 35.5. The van der Waals surface area contributed by atoms with Gasteiger partial charge in [-0.15, -0.1) is 0 Å². The molecule has 0 saturated carbocycles. The molecule has 2 heterocycles. The van der Waals surface area contributed by atoms with Gasteiger partial charge in [0.15, 0.2) is 5.79 Å². The van der Waals surface area contributed by atoms with E-state index in [0.29, 0.717) is 5.02 Å². The zero-order valence-electron chi connectivity index (χ0n) is 16.6. The number of carboxylic acids is 1. The van der Waals surface area contributed by atoms with Gasteiger partial charge in [-0.25, -0.2) is 4.79 Å². The van der Waals surface area contributed by atoms with Gasteiger partial charge in [0.25, 0.3) is 0 Å². The zero-order valence-corrected chi connectivity index (χ0v) is 18.1. The third kappa shape index (κ3) is 5.54. The van der Waals surface area contributed by atoms with Crippen LogP contribution in [0.4, 0.5) is 0 Å². The maximum absolute atomic E-state index is 11.9. The van der Waals surface area contributed by atoms with Crippen LogP contribution in [0, 0.1) is 0 Å². The zero-order chi connectivity index (χ0) is 22.1. The molecule has 1 aromatic carbocycles. The van der Waals surface area contributed by atoms with Gasteiger partial charge < -0.3 is 34.1 Å². The van der Waals surface area contributed by atoms with Crippen molar-refractivity contribution in [1.29, 1.82) is 0 Å². The van der Waals surface area contributed by atoms with Crippen molar-refractivity contribution < 1.29 is 38.4 Å². The number of hydrogen-bond acceptors (Lipinski definition) is 7. The summed E-state index contributed by atoms with van der Waals surface area (Å²) in [6.45, 7) is 4.33. The minimum atomic E-state index is -1.16. The van der Waals surface area contributed by atoms with E-state index in [0.717, 1.165) is 0 Å². The van der Waals surface area contributed by atoms with Crippen LogP contribution in [0.25, 0.3) is 0 Å². The number of nitrogens with one attached hydrogen (secondary N) is 1. The summed E-state index contributed by atoms with van der Waals surface area (Å²) >= 11 is 12.1. The van der Waals surface area contributed by atoms with Gasteiger partial charge in [-0.2, -0.15) is 0 Å². The minimum absolute atomic E-state index is 0.158. The second-order valence-corrected chi connectivity index (χ2v) is 8.27. The van der Waals surface area contributed by atoms with Gasteiger partial charge in [-0.05, 0) is 32.0 Å². The number of hydrogen-bond donors (Lipinski definition) is 2. The molecule has 3 rings (SSSR count). The molecule has 11 heteroatoms. The Hall–Kier alpha value is -1.62. The molecule has 2 saturated heterocycles. The van der Waals surface area contributed by atoms with E-state index < -0.39 is 49.0 Å². The lowest BCUT2D eigenvalue weighted by atomic mass is 9.95. The van der Waals surface area contributed by atoms with Crippen molar-refractivity contribution in [2.24, 2.45) is 0 Å². The van der Waals surface area contributed by atoms with Crippen LogP contribution in [-0.4, -0.2) is 66.6 Å². The van der Waals surface area contributed by atoms with E-state index in [1.807, 2.05) is 0 Å². The third-order valence-electron chi connectivity index (χ3n) is 4.57. The molecule has 5 atom stereocenters. The van der Waals surface area contributed by atoms with E-state index in [1.165, 1.54) is 13.0 Å². The Bertz CT molecular complexity index is 805. The highest BCUT2D eigenvalue weighted by Crippen LogP contribution is 2.36. The maximum Gasteiger partial charge on any atom is 0.329 e. The van der Waals surface area contributed by atoms with Gasteiger partial charge in [-0.1, -0.05) is 23.2 Å². The first kappa shape index (κ1) is 23.1. The van der Waals surface area contributed by atoms with Crippen LogP contribution in [0.5, 0.6) is 5.75 Å². The normalized spacial score (nSPS) is 30.2. The smallest absolute Gasteiger partial charge is 0.329 e. The predicted molar refractivity (Wildman–Crippen MR) is 106 cm³/mol. The Labute approximate surface area is 183 Å². The standard InChI is InChI=1S/C19H23Cl2NO8/c1-9(23)22-15-17(26-8-14(24)25)16-13(7-27-19(2,3)30-16)29-18(15)28-12-5-4-10(20)6-11(12)21/h4-6,13,15-18H,7-8H2,1-3H3,(H,22,23)(H,24,25). The molecule has 2 N–H and O–H groups in total. The van der Waals surface area contributed by atoms with Crippen LogP contribution in [0.2, 0.25) is 10.0 Å². The first-order valence-corrected chi connectivity index (χ1v) is 10.0. The molecule has 1 amide bonds. The summed E-state index contributed by atoms with van der Waals surface area (Å²) in [6.07, 6.45) is -3.27. The van der Waals surface area contributed by atoms with Crippen LogP contribution in [0.15, 0.2) is 18.2 Å². The fourth-order valence-corrected chi connectivity index (χ4v) is 3.83. The molecular weight excluding hydrogens is 441 g/mol. The molecule has 0 radical (unpaired) electrons. The van der Waals surface area contributed by atoms with Crippen LogP contribution in [-0.2, 0) is 28.5 Å². The monoisotopic (exact) mass is 463 g/mol. The summed E-state index contributed by atoms with van der Waals surface area (Å²) in [5, 5.41) is 12.5. The summed E-state index contributed by atoms with van der Waals surface area (Å²) in [5.41, 5.74) is 0. The molecule has 0 bridgehead atoms. The average molecular weight is 464 g/mol. The Balaban J connectivity index is 1.92. The number of ether oxygens (including phenoxy) is 5. The van der Waals surface area contributed by atoms with E-state index >= 15 is 0 Å². The SMILES string of the molecule is CC(=O)NC1C(Oc2ccc(Cl)cc2Cl)OC2COC(C)(C)OC2C1OCC(=O)O. The van der Waals surface area contributed by atoms with Crippen molar-refractivity contribution in [3.63, 3.8) is 0 Å². The molecule has 1 aromatic rings. The lowest BCUT2D eigenvalue weighted by Crippen LogP contribution is -2.69. The largest absolute Gasteiger partial charge is 0.480 e. The fraction of sp³-hybridized carbons (Fsp3) is 0.579. The van der Waals surface area contributed by atoms with Crippen molar-refractivity contribution in [2.45, 2.75) is 57.2 Å². The molecule has 2 aliphatic rings. The van der Waals surface area contributed by atoms with Crippen LogP contribution in [0.3, 0.4) is 0 Å². The van der Waals surface area contributed by atoms with E-state index in [1.54, 1.807) is 26.0 Å². The van der Waals surface area contributed by atoms with Crippen LogP contribution in [0.1, 0.15) is 20.8 Å². The molecule has 30 heavy (non-hydrogen) atoms. The Morgan fingerprint density at radius 2 is 2.07 bits per heavy atom. The number of rotatable bonds is 6. The number of aliphatic carboxylic acids is 1. The minimum Gasteiger partial charge on any atom is -0.480 e. The summed E-state index contributed by atoms with van der Waals surface area (Å²) < 4.78 is 29.2. The average Bonchev–Trinajstić information content (AvgIpc) is 2.63. The van der Waals surface area contributed by atoms with E-state index in [9.17, 15) is 9.59 Å². The molecule has 9 nitrogen and oxygen atoms in total. The molecule has 0 aromatic heterocycles. The van der Waals surface area contributed by atoms with E-state index in [-0.39, 0.29) is 23.3 Å². The molecule has 5 unspecified atom stereocenters. The van der Waals surface area contributed by atoms with Crippen molar-refractivity contribution in [2.75, 3.05) is 13.2 Å². The van der Waals surface area contributed by atoms with Crippen molar-refractivity contribution in [3.8, 4) is 5.75 Å². The lowest BCUT2D eigenvalue weighted by molar-refractivity contribution is -0.364. The topological polar surface area (TPSA) is 113 Å². The first-order valence-electron chi connectivity index (χ1n) is 9.25. The third-order valence-corrected chi connectivity index (χ3v) is 5.10. The Morgan fingerprint density at radius 1 is 1.33 bits per heavy atom. The molecule has 0 aliphatic carbocycles. The van der Waals surface area contributed by atoms with E-state index in [4.69, 9.17) is 52.0 Å². The number of fused-ring (bicyclic) bond motifs is 1. The molecule has 166 valence electrons. The second kappa shape index (κ2) is 9.25. The number of carboxylic acid groups (broad SMARTS) is 1. The fourth-order valence-electron chi connectivity index (χ4n) is 3.37. The van der Waals surface area contributed by atoms with Gasteiger partial charge in [0.05, 0.1) is 11.6 Å². The van der Waals surface area contributed by atoms with Crippen molar-refractivity contribution in [1.82, 2.24) is 5.32 Å². The van der Waals surface area contributed by atoms with Gasteiger partial charge in [0.1, 0.15) is 36.7 Å². The number of carbonyl (C=O) groups is 2. The summed E-state index contributed by atoms with van der Waals surface area (Å²) in [6, 6.07) is 3.78. The lowest BCUT2D eigenvalue weighted by Gasteiger charge is -2.50.